The van der Waals surface area contributed by atoms with Gasteiger partial charge in [0, 0.05) is 23.3 Å². The molecule has 0 spiro atoms. The molecular weight excluding hydrogens is 196 g/mol. The van der Waals surface area contributed by atoms with E-state index in [-0.39, 0.29) is 0 Å². The zero-order chi connectivity index (χ0) is 11.0. The number of anilines is 1. The van der Waals surface area contributed by atoms with E-state index in [1.807, 2.05) is 12.3 Å². The van der Waals surface area contributed by atoms with Gasteiger partial charge in [-0.15, -0.1) is 0 Å². The third kappa shape index (κ3) is 1.75. The van der Waals surface area contributed by atoms with Gasteiger partial charge in [0.1, 0.15) is 0 Å². The number of rotatable bonds is 3. The molecule has 0 amide bonds. The molecule has 1 heterocycles. The second-order valence-corrected chi connectivity index (χ2v) is 4.65. The molecule has 16 heavy (non-hydrogen) atoms. The average Bonchev–Trinajstić information content (AvgIpc) is 3.13. The molecule has 0 radical (unpaired) electrons. The number of fused-ring (bicyclic) bond motifs is 1. The maximum atomic E-state index is 4.37. The van der Waals surface area contributed by atoms with Crippen molar-refractivity contribution in [3.63, 3.8) is 0 Å². The quantitative estimate of drug-likeness (QED) is 0.843. The molecule has 2 aromatic rings. The van der Waals surface area contributed by atoms with Crippen LogP contribution in [0.25, 0.3) is 10.9 Å². The summed E-state index contributed by atoms with van der Waals surface area (Å²) >= 11 is 0. The van der Waals surface area contributed by atoms with Gasteiger partial charge in [-0.3, -0.25) is 4.98 Å². The van der Waals surface area contributed by atoms with Crippen LogP contribution in [0.4, 0.5) is 5.69 Å². The van der Waals surface area contributed by atoms with Crippen molar-refractivity contribution in [2.45, 2.75) is 25.8 Å². The standard InChI is InChI=1S/C14H16N2/c1-10(11-7-8-11)16-14-6-2-5-13-12(14)4-3-9-15-13/h2-6,9-11,16H,7-8H2,1H3. The molecule has 1 unspecified atom stereocenters. The van der Waals surface area contributed by atoms with Gasteiger partial charge in [0.15, 0.2) is 0 Å². The average molecular weight is 212 g/mol. The number of aromatic nitrogens is 1. The minimum atomic E-state index is 0.575. The Balaban J connectivity index is 1.95. The van der Waals surface area contributed by atoms with Gasteiger partial charge in [-0.05, 0) is 49.9 Å². The molecule has 2 heteroatoms. The molecule has 2 nitrogen and oxygen atoms in total. The third-order valence-electron chi connectivity index (χ3n) is 3.36. The van der Waals surface area contributed by atoms with Gasteiger partial charge < -0.3 is 5.32 Å². The summed E-state index contributed by atoms with van der Waals surface area (Å²) in [5.41, 5.74) is 2.28. The van der Waals surface area contributed by atoms with Crippen LogP contribution in [0, 0.1) is 5.92 Å². The molecule has 82 valence electrons. The molecule has 3 rings (SSSR count). The monoisotopic (exact) mass is 212 g/mol. The van der Waals surface area contributed by atoms with E-state index >= 15 is 0 Å². The summed E-state index contributed by atoms with van der Waals surface area (Å²) in [4.78, 5) is 4.37. The van der Waals surface area contributed by atoms with E-state index < -0.39 is 0 Å². The van der Waals surface area contributed by atoms with Gasteiger partial charge in [-0.25, -0.2) is 0 Å². The molecule has 0 saturated heterocycles. The fourth-order valence-electron chi connectivity index (χ4n) is 2.19. The first-order valence-corrected chi connectivity index (χ1v) is 5.95. The van der Waals surface area contributed by atoms with E-state index in [2.05, 4.69) is 41.5 Å². The lowest BCUT2D eigenvalue weighted by Gasteiger charge is -2.15. The van der Waals surface area contributed by atoms with Crippen LogP contribution < -0.4 is 5.32 Å². The van der Waals surface area contributed by atoms with E-state index in [0.717, 1.165) is 11.4 Å². The van der Waals surface area contributed by atoms with E-state index in [9.17, 15) is 0 Å². The molecule has 0 bridgehead atoms. The first-order valence-electron chi connectivity index (χ1n) is 5.95. The van der Waals surface area contributed by atoms with Gasteiger partial charge in [-0.2, -0.15) is 0 Å². The second kappa shape index (κ2) is 3.78. The highest BCUT2D eigenvalue weighted by Gasteiger charge is 2.27. The maximum Gasteiger partial charge on any atom is 0.0722 e. The first kappa shape index (κ1) is 9.64. The Morgan fingerprint density at radius 2 is 2.12 bits per heavy atom. The number of pyridine rings is 1. The molecule has 1 aromatic heterocycles. The molecule has 1 aliphatic carbocycles. The van der Waals surface area contributed by atoms with E-state index in [1.165, 1.54) is 23.9 Å². The summed E-state index contributed by atoms with van der Waals surface area (Å²) < 4.78 is 0. The lowest BCUT2D eigenvalue weighted by Crippen LogP contribution is -2.17. The van der Waals surface area contributed by atoms with Crippen LogP contribution in [-0.2, 0) is 0 Å². The summed E-state index contributed by atoms with van der Waals surface area (Å²) in [6.45, 7) is 2.27. The summed E-state index contributed by atoms with van der Waals surface area (Å²) in [6.07, 6.45) is 4.59. The Bertz CT molecular complexity index is 498. The Morgan fingerprint density at radius 1 is 1.25 bits per heavy atom. The predicted octanol–water partition coefficient (Wildman–Crippen LogP) is 3.45. The summed E-state index contributed by atoms with van der Waals surface area (Å²) in [5, 5.41) is 4.83. The normalized spacial score (nSPS) is 17.3. The highest BCUT2D eigenvalue weighted by atomic mass is 14.9. The van der Waals surface area contributed by atoms with Gasteiger partial charge in [0.2, 0.25) is 0 Å². The summed E-state index contributed by atoms with van der Waals surface area (Å²) in [7, 11) is 0. The van der Waals surface area contributed by atoms with Gasteiger partial charge in [-0.1, -0.05) is 6.07 Å². The van der Waals surface area contributed by atoms with Crippen LogP contribution in [-0.4, -0.2) is 11.0 Å². The Hall–Kier alpha value is -1.57. The first-order chi connectivity index (χ1) is 7.84. The van der Waals surface area contributed by atoms with E-state index in [4.69, 9.17) is 0 Å². The molecule has 0 aliphatic heterocycles. The Labute approximate surface area is 95.7 Å². The van der Waals surface area contributed by atoms with Crippen molar-refractivity contribution >= 4 is 16.6 Å². The van der Waals surface area contributed by atoms with Crippen molar-refractivity contribution in [3.05, 3.63) is 36.5 Å². The number of hydrogen-bond acceptors (Lipinski definition) is 2. The molecular formula is C14H16N2. The molecule has 1 atom stereocenters. The SMILES string of the molecule is CC(Nc1cccc2ncccc12)C1CC1. The fourth-order valence-corrected chi connectivity index (χ4v) is 2.19. The van der Waals surface area contributed by atoms with Crippen molar-refractivity contribution < 1.29 is 0 Å². The van der Waals surface area contributed by atoms with Crippen molar-refractivity contribution in [2.75, 3.05) is 5.32 Å². The minimum absolute atomic E-state index is 0.575. The van der Waals surface area contributed by atoms with Crippen molar-refractivity contribution in [2.24, 2.45) is 5.92 Å². The van der Waals surface area contributed by atoms with Crippen molar-refractivity contribution in [1.29, 1.82) is 0 Å². The van der Waals surface area contributed by atoms with Crippen LogP contribution in [0.2, 0.25) is 0 Å². The molecule has 1 saturated carbocycles. The number of nitrogens with zero attached hydrogens (tertiary/aromatic N) is 1. The topological polar surface area (TPSA) is 24.9 Å². The molecule has 1 fully saturated rings. The van der Waals surface area contributed by atoms with E-state index in [1.54, 1.807) is 0 Å². The zero-order valence-corrected chi connectivity index (χ0v) is 9.48. The van der Waals surface area contributed by atoms with Crippen molar-refractivity contribution in [3.8, 4) is 0 Å². The Morgan fingerprint density at radius 3 is 2.94 bits per heavy atom. The molecule has 1 aliphatic rings. The van der Waals surface area contributed by atoms with Crippen LogP contribution in [0.1, 0.15) is 19.8 Å². The summed E-state index contributed by atoms with van der Waals surface area (Å²) in [6, 6.07) is 11.0. The van der Waals surface area contributed by atoms with Gasteiger partial charge in [0.25, 0.3) is 0 Å². The largest absolute Gasteiger partial charge is 0.382 e. The molecule has 1 aromatic carbocycles. The Kier molecular flexibility index (Phi) is 2.28. The van der Waals surface area contributed by atoms with Gasteiger partial charge >= 0.3 is 0 Å². The maximum absolute atomic E-state index is 4.37. The van der Waals surface area contributed by atoms with Gasteiger partial charge in [0.05, 0.1) is 5.52 Å². The zero-order valence-electron chi connectivity index (χ0n) is 9.48. The highest BCUT2D eigenvalue weighted by molar-refractivity contribution is 5.91. The predicted molar refractivity (Wildman–Crippen MR) is 67.6 cm³/mol. The minimum Gasteiger partial charge on any atom is -0.382 e. The lowest BCUT2D eigenvalue weighted by atomic mass is 10.1. The number of hydrogen-bond donors (Lipinski definition) is 1. The second-order valence-electron chi connectivity index (χ2n) is 4.65. The van der Waals surface area contributed by atoms with Crippen LogP contribution in [0.5, 0.6) is 0 Å². The van der Waals surface area contributed by atoms with E-state index in [0.29, 0.717) is 6.04 Å². The number of nitrogens with one attached hydrogen (secondary N) is 1. The summed E-state index contributed by atoms with van der Waals surface area (Å²) in [5.74, 6) is 0.868. The highest BCUT2D eigenvalue weighted by Crippen LogP contribution is 2.34. The van der Waals surface area contributed by atoms with Crippen LogP contribution >= 0.6 is 0 Å². The van der Waals surface area contributed by atoms with Crippen LogP contribution in [0.15, 0.2) is 36.5 Å². The third-order valence-corrected chi connectivity index (χ3v) is 3.36. The van der Waals surface area contributed by atoms with Crippen molar-refractivity contribution in [1.82, 2.24) is 4.98 Å². The van der Waals surface area contributed by atoms with Crippen LogP contribution in [0.3, 0.4) is 0 Å². The fraction of sp³-hybridized carbons (Fsp3) is 0.357. The lowest BCUT2D eigenvalue weighted by molar-refractivity contribution is 0.695. The number of benzene rings is 1. The smallest absolute Gasteiger partial charge is 0.0722 e. The molecule has 1 N–H and O–H groups in total.